The van der Waals surface area contributed by atoms with Gasteiger partial charge in [0.25, 0.3) is 0 Å². The Labute approximate surface area is 363 Å². The Balaban J connectivity index is 4.38. The Morgan fingerprint density at radius 2 is 0.661 bits per heavy atom. The molecule has 0 aromatic rings. The summed E-state index contributed by atoms with van der Waals surface area (Å²) in [7, 11) is 0. The summed E-state index contributed by atoms with van der Waals surface area (Å²) in [4.78, 5) is 37.7. The predicted octanol–water partition coefficient (Wildman–Crippen LogP) is 15.9. The lowest BCUT2D eigenvalue weighted by Gasteiger charge is -2.18. The van der Waals surface area contributed by atoms with Crippen LogP contribution in [0.15, 0.2) is 72.9 Å². The maximum atomic E-state index is 12.7. The second kappa shape index (κ2) is 47.5. The first-order chi connectivity index (χ1) is 29.0. The first-order valence-corrected chi connectivity index (χ1v) is 24.4. The molecule has 0 saturated carbocycles. The van der Waals surface area contributed by atoms with Crippen molar-refractivity contribution in [2.75, 3.05) is 13.2 Å². The predicted molar refractivity (Wildman–Crippen MR) is 251 cm³/mol. The van der Waals surface area contributed by atoms with Crippen LogP contribution < -0.4 is 0 Å². The van der Waals surface area contributed by atoms with E-state index in [0.717, 1.165) is 96.3 Å². The van der Waals surface area contributed by atoms with Crippen molar-refractivity contribution in [3.8, 4) is 0 Å². The van der Waals surface area contributed by atoms with Gasteiger partial charge in [-0.25, -0.2) is 0 Å². The Hall–Kier alpha value is -3.15. The van der Waals surface area contributed by atoms with Gasteiger partial charge in [0.15, 0.2) is 6.10 Å². The lowest BCUT2D eigenvalue weighted by molar-refractivity contribution is -0.167. The van der Waals surface area contributed by atoms with E-state index in [1.54, 1.807) is 0 Å². The lowest BCUT2D eigenvalue weighted by atomic mass is 10.1. The van der Waals surface area contributed by atoms with E-state index in [2.05, 4.69) is 93.7 Å². The molecule has 0 heterocycles. The molecule has 6 nitrogen and oxygen atoms in total. The number of allylic oxidation sites excluding steroid dienone is 12. The van der Waals surface area contributed by atoms with Crippen molar-refractivity contribution in [1.82, 2.24) is 0 Å². The summed E-state index contributed by atoms with van der Waals surface area (Å²) in [6.45, 7) is 6.45. The highest BCUT2D eigenvalue weighted by molar-refractivity contribution is 5.71. The zero-order valence-corrected chi connectivity index (χ0v) is 38.5. The van der Waals surface area contributed by atoms with Gasteiger partial charge >= 0.3 is 17.9 Å². The highest BCUT2D eigenvalue weighted by Crippen LogP contribution is 2.14. The van der Waals surface area contributed by atoms with Gasteiger partial charge < -0.3 is 14.2 Å². The molecular formula is C53H90O6. The van der Waals surface area contributed by atoms with Gasteiger partial charge in [-0.1, -0.05) is 209 Å². The van der Waals surface area contributed by atoms with Gasteiger partial charge in [0.1, 0.15) is 13.2 Å². The fourth-order valence-electron chi connectivity index (χ4n) is 6.56. The minimum atomic E-state index is -0.787. The van der Waals surface area contributed by atoms with Crippen LogP contribution in [-0.2, 0) is 28.6 Å². The van der Waals surface area contributed by atoms with Gasteiger partial charge in [0, 0.05) is 19.3 Å². The Morgan fingerprint density at radius 3 is 1.03 bits per heavy atom. The molecule has 0 amide bonds. The number of unbranched alkanes of at least 4 members (excludes halogenated alkanes) is 20. The molecule has 59 heavy (non-hydrogen) atoms. The van der Waals surface area contributed by atoms with Crippen LogP contribution in [0.4, 0.5) is 0 Å². The van der Waals surface area contributed by atoms with Gasteiger partial charge in [0.05, 0.1) is 0 Å². The molecule has 0 rings (SSSR count). The van der Waals surface area contributed by atoms with E-state index in [1.807, 2.05) is 0 Å². The summed E-state index contributed by atoms with van der Waals surface area (Å²) >= 11 is 0. The normalized spacial score (nSPS) is 12.7. The van der Waals surface area contributed by atoms with Crippen LogP contribution in [-0.4, -0.2) is 37.2 Å². The first kappa shape index (κ1) is 55.9. The number of carbonyl (C=O) groups excluding carboxylic acids is 3. The summed E-state index contributed by atoms with van der Waals surface area (Å²) < 4.78 is 16.7. The molecule has 0 aliphatic carbocycles. The van der Waals surface area contributed by atoms with Crippen molar-refractivity contribution in [1.29, 1.82) is 0 Å². The highest BCUT2D eigenvalue weighted by atomic mass is 16.6. The van der Waals surface area contributed by atoms with Gasteiger partial charge in [-0.05, 0) is 70.6 Å². The molecule has 1 unspecified atom stereocenters. The number of hydrogen-bond acceptors (Lipinski definition) is 6. The number of rotatable bonds is 43. The second-order valence-corrected chi connectivity index (χ2v) is 16.0. The maximum absolute atomic E-state index is 12.7. The maximum Gasteiger partial charge on any atom is 0.306 e. The smallest absolute Gasteiger partial charge is 0.306 e. The van der Waals surface area contributed by atoms with E-state index in [0.29, 0.717) is 19.3 Å². The molecule has 0 aromatic carbocycles. The molecule has 338 valence electrons. The monoisotopic (exact) mass is 823 g/mol. The van der Waals surface area contributed by atoms with E-state index in [4.69, 9.17) is 14.2 Å². The van der Waals surface area contributed by atoms with Crippen molar-refractivity contribution in [2.24, 2.45) is 0 Å². The minimum Gasteiger partial charge on any atom is -0.462 e. The number of esters is 3. The summed E-state index contributed by atoms with van der Waals surface area (Å²) in [6, 6.07) is 0. The Kier molecular flexibility index (Phi) is 45.0. The summed E-state index contributed by atoms with van der Waals surface area (Å²) in [6.07, 6.45) is 58.9. The van der Waals surface area contributed by atoms with Crippen LogP contribution in [0.5, 0.6) is 0 Å². The Bertz CT molecular complexity index is 1130. The fraction of sp³-hybridized carbons (Fsp3) is 0.717. The summed E-state index contributed by atoms with van der Waals surface area (Å²) in [5.41, 5.74) is 0. The van der Waals surface area contributed by atoms with E-state index < -0.39 is 6.10 Å². The third kappa shape index (κ3) is 45.8. The van der Waals surface area contributed by atoms with E-state index >= 15 is 0 Å². The van der Waals surface area contributed by atoms with Crippen molar-refractivity contribution in [2.45, 2.75) is 232 Å². The van der Waals surface area contributed by atoms with Crippen molar-refractivity contribution in [3.63, 3.8) is 0 Å². The molecule has 0 aliphatic heterocycles. The first-order valence-electron chi connectivity index (χ1n) is 24.4. The van der Waals surface area contributed by atoms with E-state index in [1.165, 1.54) is 89.9 Å². The number of ether oxygens (including phenoxy) is 3. The average Bonchev–Trinajstić information content (AvgIpc) is 3.23. The number of carbonyl (C=O) groups is 3. The molecule has 0 fully saturated rings. The van der Waals surface area contributed by atoms with Gasteiger partial charge in [-0.2, -0.15) is 0 Å². The number of hydrogen-bond donors (Lipinski definition) is 0. The quantitative estimate of drug-likeness (QED) is 0.0264. The lowest BCUT2D eigenvalue weighted by Crippen LogP contribution is -2.30. The second-order valence-electron chi connectivity index (χ2n) is 16.0. The van der Waals surface area contributed by atoms with Crippen LogP contribution in [0.3, 0.4) is 0 Å². The molecular weight excluding hydrogens is 733 g/mol. The van der Waals surface area contributed by atoms with Crippen LogP contribution in [0.25, 0.3) is 0 Å². The molecule has 0 N–H and O–H groups in total. The largest absolute Gasteiger partial charge is 0.462 e. The molecule has 0 saturated heterocycles. The van der Waals surface area contributed by atoms with E-state index in [-0.39, 0.29) is 31.1 Å². The molecule has 0 aliphatic rings. The van der Waals surface area contributed by atoms with Crippen LogP contribution in [0.1, 0.15) is 226 Å². The Morgan fingerprint density at radius 1 is 0.356 bits per heavy atom. The van der Waals surface area contributed by atoms with Gasteiger partial charge in [0.2, 0.25) is 0 Å². The minimum absolute atomic E-state index is 0.0871. The molecule has 0 radical (unpaired) electrons. The van der Waals surface area contributed by atoms with Crippen molar-refractivity contribution >= 4 is 17.9 Å². The third-order valence-corrected chi connectivity index (χ3v) is 10.2. The molecule has 0 aromatic heterocycles. The fourth-order valence-corrected chi connectivity index (χ4v) is 6.56. The molecule has 1 atom stereocenters. The van der Waals surface area contributed by atoms with Crippen LogP contribution in [0.2, 0.25) is 0 Å². The van der Waals surface area contributed by atoms with Crippen molar-refractivity contribution < 1.29 is 28.6 Å². The summed E-state index contributed by atoms with van der Waals surface area (Å²) in [5, 5.41) is 0. The molecule has 0 spiro atoms. The molecule has 6 heteroatoms. The molecule has 0 bridgehead atoms. The standard InChI is InChI=1S/C53H90O6/c1-4-7-10-13-16-19-21-22-23-24-25-26-27-28-29-30-32-34-37-40-43-46-52(55)58-49-50(48-57-51(54)45-42-39-36-33-18-15-12-9-6-3)59-53(56)47-44-41-38-35-31-20-17-14-11-8-5-2/h7,10,16,19,22-23,25-26,28-29,32,34,50H,4-6,8-9,11-15,17-18,20-21,24,27,30-31,33,35-49H2,1-3H3/b10-7-,19-16-,23-22-,26-25-,29-28-,34-32-. The average molecular weight is 823 g/mol. The SMILES string of the molecule is CC/C=C\C/C=C\C/C=C\C/C=C\C/C=C\C/C=C\CCCCC(=O)OCC(COC(=O)CCCCCCCCCCC)OC(=O)CCCCCCCCCCCCC. The highest BCUT2D eigenvalue weighted by Gasteiger charge is 2.19. The topological polar surface area (TPSA) is 78.9 Å². The summed E-state index contributed by atoms with van der Waals surface area (Å²) in [5.74, 6) is -0.936. The van der Waals surface area contributed by atoms with E-state index in [9.17, 15) is 14.4 Å². The third-order valence-electron chi connectivity index (χ3n) is 10.2. The van der Waals surface area contributed by atoms with Gasteiger partial charge in [-0.3, -0.25) is 14.4 Å². The van der Waals surface area contributed by atoms with Crippen LogP contribution >= 0.6 is 0 Å². The zero-order chi connectivity index (χ0) is 43.0. The zero-order valence-electron chi connectivity index (χ0n) is 38.5. The van der Waals surface area contributed by atoms with Crippen LogP contribution in [0, 0.1) is 0 Å². The van der Waals surface area contributed by atoms with Crippen molar-refractivity contribution in [3.05, 3.63) is 72.9 Å². The van der Waals surface area contributed by atoms with Gasteiger partial charge in [-0.15, -0.1) is 0 Å².